The molecule has 1 heterocycles. The van der Waals surface area contributed by atoms with Gasteiger partial charge in [0, 0.05) is 16.6 Å². The Hall–Kier alpha value is -0.870. The van der Waals surface area contributed by atoms with E-state index < -0.39 is 0 Å². The molecule has 0 N–H and O–H groups in total. The van der Waals surface area contributed by atoms with Gasteiger partial charge >= 0.3 is 0 Å². The van der Waals surface area contributed by atoms with Crippen LogP contribution in [-0.2, 0) is 6.54 Å². The van der Waals surface area contributed by atoms with Gasteiger partial charge in [-0.25, -0.2) is 0 Å². The summed E-state index contributed by atoms with van der Waals surface area (Å²) in [4.78, 5) is 0. The molecule has 0 saturated heterocycles. The molecule has 84 valence electrons. The normalized spacial score (nSPS) is 10.7. The summed E-state index contributed by atoms with van der Waals surface area (Å²) in [6.07, 6.45) is 2.77. The van der Waals surface area contributed by atoms with E-state index in [4.69, 9.17) is 11.6 Å². The van der Waals surface area contributed by atoms with Gasteiger partial charge < -0.3 is 4.57 Å². The number of rotatable bonds is 3. The number of hydrogen-bond acceptors (Lipinski definition) is 2. The molecule has 3 nitrogen and oxygen atoms in total. The topological polar surface area (TPSA) is 30.7 Å². The maximum absolute atomic E-state index is 6.23. The summed E-state index contributed by atoms with van der Waals surface area (Å²) in [5, 5.41) is 8.72. The van der Waals surface area contributed by atoms with Gasteiger partial charge in [0.15, 0.2) is 5.82 Å². The van der Waals surface area contributed by atoms with Crippen molar-refractivity contribution in [3.63, 3.8) is 0 Å². The van der Waals surface area contributed by atoms with Gasteiger partial charge in [-0.3, -0.25) is 0 Å². The Balaban J connectivity index is 2.50. The molecule has 0 aliphatic heterocycles. The van der Waals surface area contributed by atoms with Gasteiger partial charge in [0.1, 0.15) is 6.33 Å². The highest BCUT2D eigenvalue weighted by molar-refractivity contribution is 9.10. The van der Waals surface area contributed by atoms with E-state index in [0.29, 0.717) is 5.02 Å². The third-order valence-electron chi connectivity index (χ3n) is 2.27. The highest BCUT2D eigenvalue weighted by Crippen LogP contribution is 2.32. The van der Waals surface area contributed by atoms with Crippen LogP contribution in [0.15, 0.2) is 29.0 Å². The lowest BCUT2D eigenvalue weighted by Gasteiger charge is -2.07. The van der Waals surface area contributed by atoms with Gasteiger partial charge in [-0.15, -0.1) is 10.2 Å². The van der Waals surface area contributed by atoms with Crippen LogP contribution in [0.2, 0.25) is 5.02 Å². The van der Waals surface area contributed by atoms with Crippen LogP contribution in [0, 0.1) is 0 Å². The summed E-state index contributed by atoms with van der Waals surface area (Å²) in [6.45, 7) is 3.01. The molecule has 0 atom stereocenters. The van der Waals surface area contributed by atoms with E-state index in [2.05, 4.69) is 33.1 Å². The fourth-order valence-electron chi connectivity index (χ4n) is 1.54. The van der Waals surface area contributed by atoms with Crippen LogP contribution in [-0.4, -0.2) is 14.8 Å². The number of hydrogen-bond donors (Lipinski definition) is 0. The van der Waals surface area contributed by atoms with Crippen molar-refractivity contribution in [2.24, 2.45) is 0 Å². The van der Waals surface area contributed by atoms with E-state index >= 15 is 0 Å². The molecular weight excluding hydrogens is 289 g/mol. The van der Waals surface area contributed by atoms with Crippen LogP contribution in [0.25, 0.3) is 11.4 Å². The maximum Gasteiger partial charge on any atom is 0.165 e. The van der Waals surface area contributed by atoms with E-state index in [0.717, 1.165) is 28.8 Å². The quantitative estimate of drug-likeness (QED) is 0.864. The summed E-state index contributed by atoms with van der Waals surface area (Å²) in [6, 6.07) is 5.80. The molecule has 0 fully saturated rings. The monoisotopic (exact) mass is 299 g/mol. The molecule has 0 bridgehead atoms. The maximum atomic E-state index is 6.23. The second-order valence-corrected chi connectivity index (χ2v) is 4.68. The van der Waals surface area contributed by atoms with Crippen LogP contribution in [0.1, 0.15) is 13.3 Å². The summed E-state index contributed by atoms with van der Waals surface area (Å²) >= 11 is 9.63. The third kappa shape index (κ3) is 2.13. The highest BCUT2D eigenvalue weighted by Gasteiger charge is 2.12. The number of halogens is 2. The van der Waals surface area contributed by atoms with Crippen molar-refractivity contribution in [3.8, 4) is 11.4 Å². The Morgan fingerprint density at radius 3 is 3.00 bits per heavy atom. The van der Waals surface area contributed by atoms with Crippen molar-refractivity contribution < 1.29 is 0 Å². The van der Waals surface area contributed by atoms with E-state index in [1.54, 1.807) is 6.33 Å². The zero-order valence-corrected chi connectivity index (χ0v) is 11.2. The zero-order valence-electron chi connectivity index (χ0n) is 8.82. The Morgan fingerprint density at radius 1 is 1.44 bits per heavy atom. The van der Waals surface area contributed by atoms with E-state index in [1.165, 1.54) is 0 Å². The summed E-state index contributed by atoms with van der Waals surface area (Å²) < 4.78 is 2.88. The minimum absolute atomic E-state index is 0.674. The number of nitrogens with zero attached hydrogens (tertiary/aromatic N) is 3. The minimum Gasteiger partial charge on any atom is -0.314 e. The van der Waals surface area contributed by atoms with Gasteiger partial charge in [-0.2, -0.15) is 0 Å². The molecule has 2 aromatic rings. The van der Waals surface area contributed by atoms with E-state index in [9.17, 15) is 0 Å². The standard InChI is InChI=1S/C11H11BrClN3/c1-2-6-16-7-14-15-11(16)8-4-3-5-9(12)10(8)13/h3-5,7H,2,6H2,1H3. The molecular formula is C11H11BrClN3. The molecule has 0 amide bonds. The summed E-state index contributed by atoms with van der Waals surface area (Å²) in [5.41, 5.74) is 0.905. The van der Waals surface area contributed by atoms with Gasteiger partial charge in [0.25, 0.3) is 0 Å². The van der Waals surface area contributed by atoms with Crippen molar-refractivity contribution in [1.82, 2.24) is 14.8 Å². The molecule has 0 saturated carbocycles. The van der Waals surface area contributed by atoms with Gasteiger partial charge in [0.2, 0.25) is 0 Å². The van der Waals surface area contributed by atoms with Crippen molar-refractivity contribution in [2.75, 3.05) is 0 Å². The SMILES string of the molecule is CCCn1cnnc1-c1cccc(Br)c1Cl. The predicted octanol–water partition coefficient (Wildman–Crippen LogP) is 3.77. The van der Waals surface area contributed by atoms with Crippen LogP contribution < -0.4 is 0 Å². The molecule has 0 aliphatic carbocycles. The van der Waals surface area contributed by atoms with Gasteiger partial charge in [0.05, 0.1) is 5.02 Å². The first kappa shape index (κ1) is 11.6. The average molecular weight is 301 g/mol. The fraction of sp³-hybridized carbons (Fsp3) is 0.273. The van der Waals surface area contributed by atoms with Crippen molar-refractivity contribution in [3.05, 3.63) is 34.0 Å². The lowest BCUT2D eigenvalue weighted by Crippen LogP contribution is -1.98. The molecule has 1 aromatic carbocycles. The number of aromatic nitrogens is 3. The molecule has 2 rings (SSSR count). The van der Waals surface area contributed by atoms with Crippen LogP contribution in [0.5, 0.6) is 0 Å². The van der Waals surface area contributed by atoms with Crippen LogP contribution in [0.3, 0.4) is 0 Å². The average Bonchev–Trinajstić information content (AvgIpc) is 2.71. The van der Waals surface area contributed by atoms with Crippen LogP contribution >= 0.6 is 27.5 Å². The van der Waals surface area contributed by atoms with Crippen molar-refractivity contribution >= 4 is 27.5 Å². The lowest BCUT2D eigenvalue weighted by molar-refractivity contribution is 0.683. The minimum atomic E-state index is 0.674. The Kier molecular flexibility index (Phi) is 3.61. The fourth-order valence-corrected chi connectivity index (χ4v) is 2.12. The Labute approximate surface area is 108 Å². The molecule has 0 spiro atoms. The molecule has 5 heteroatoms. The predicted molar refractivity (Wildman–Crippen MR) is 68.5 cm³/mol. The zero-order chi connectivity index (χ0) is 11.5. The Morgan fingerprint density at radius 2 is 2.25 bits per heavy atom. The third-order valence-corrected chi connectivity index (χ3v) is 3.57. The summed E-state index contributed by atoms with van der Waals surface area (Å²) in [7, 11) is 0. The summed E-state index contributed by atoms with van der Waals surface area (Å²) in [5.74, 6) is 0.813. The molecule has 0 unspecified atom stereocenters. The van der Waals surface area contributed by atoms with E-state index in [1.807, 2.05) is 22.8 Å². The largest absolute Gasteiger partial charge is 0.314 e. The first-order chi connectivity index (χ1) is 7.74. The lowest BCUT2D eigenvalue weighted by atomic mass is 10.2. The van der Waals surface area contributed by atoms with Gasteiger partial charge in [-0.05, 0) is 34.5 Å². The number of benzene rings is 1. The van der Waals surface area contributed by atoms with E-state index in [-0.39, 0.29) is 0 Å². The Bertz CT molecular complexity index is 496. The first-order valence-corrected chi connectivity index (χ1v) is 6.23. The number of aryl methyl sites for hydroxylation is 1. The smallest absolute Gasteiger partial charge is 0.165 e. The highest BCUT2D eigenvalue weighted by atomic mass is 79.9. The van der Waals surface area contributed by atoms with Crippen molar-refractivity contribution in [1.29, 1.82) is 0 Å². The second kappa shape index (κ2) is 4.97. The first-order valence-electron chi connectivity index (χ1n) is 5.06. The van der Waals surface area contributed by atoms with Gasteiger partial charge in [-0.1, -0.05) is 24.6 Å². The molecule has 0 aliphatic rings. The second-order valence-electron chi connectivity index (χ2n) is 3.45. The molecule has 16 heavy (non-hydrogen) atoms. The molecule has 0 radical (unpaired) electrons. The van der Waals surface area contributed by atoms with Crippen molar-refractivity contribution in [2.45, 2.75) is 19.9 Å². The molecule has 1 aromatic heterocycles. The van der Waals surface area contributed by atoms with Crippen LogP contribution in [0.4, 0.5) is 0 Å².